The fraction of sp³-hybridized carbons (Fsp3) is 0. The van der Waals surface area contributed by atoms with Gasteiger partial charge >= 0.3 is 0 Å². The molecule has 2 heterocycles. The van der Waals surface area contributed by atoms with Gasteiger partial charge in [-0.2, -0.15) is 5.26 Å². The summed E-state index contributed by atoms with van der Waals surface area (Å²) in [6.45, 7) is 0. The van der Waals surface area contributed by atoms with Crippen molar-refractivity contribution in [3.8, 4) is 17.3 Å². The molecular weight excluding hydrogens is 176 g/mol. The van der Waals surface area contributed by atoms with Gasteiger partial charge in [-0.1, -0.05) is 0 Å². The Morgan fingerprint density at radius 1 is 1.07 bits per heavy atom. The summed E-state index contributed by atoms with van der Waals surface area (Å²) in [5, 5.41) is 8.56. The fourth-order valence-electron chi connectivity index (χ4n) is 1.06. The van der Waals surface area contributed by atoms with Crippen molar-refractivity contribution in [2.24, 2.45) is 0 Å². The van der Waals surface area contributed by atoms with E-state index in [9.17, 15) is 0 Å². The largest absolute Gasteiger partial charge is 0.261 e. The van der Waals surface area contributed by atoms with Crippen molar-refractivity contribution in [1.82, 2.24) is 15.0 Å². The van der Waals surface area contributed by atoms with Crippen LogP contribution in [0.4, 0.5) is 0 Å². The molecule has 0 aromatic carbocycles. The molecule has 66 valence electrons. The first kappa shape index (κ1) is 8.32. The minimum atomic E-state index is 0.401. The van der Waals surface area contributed by atoms with Gasteiger partial charge < -0.3 is 0 Å². The van der Waals surface area contributed by atoms with E-state index in [0.717, 1.165) is 11.3 Å². The molecule has 0 N–H and O–H groups in total. The van der Waals surface area contributed by atoms with Crippen LogP contribution in [0.2, 0.25) is 0 Å². The summed E-state index contributed by atoms with van der Waals surface area (Å²) in [4.78, 5) is 12.0. The molecule has 2 aromatic rings. The average molecular weight is 182 g/mol. The van der Waals surface area contributed by atoms with Crippen molar-refractivity contribution in [2.75, 3.05) is 0 Å². The maximum atomic E-state index is 8.56. The Morgan fingerprint density at radius 3 is 2.57 bits per heavy atom. The first-order valence-electron chi connectivity index (χ1n) is 4.02. The minimum Gasteiger partial charge on any atom is -0.261 e. The van der Waals surface area contributed by atoms with Crippen LogP contribution in [-0.2, 0) is 0 Å². The van der Waals surface area contributed by atoms with E-state index in [4.69, 9.17) is 5.26 Å². The van der Waals surface area contributed by atoms with E-state index in [1.165, 1.54) is 0 Å². The average Bonchev–Trinajstić information content (AvgIpc) is 2.30. The number of hydrogen-bond donors (Lipinski definition) is 0. The van der Waals surface area contributed by atoms with E-state index >= 15 is 0 Å². The Morgan fingerprint density at radius 2 is 2.00 bits per heavy atom. The van der Waals surface area contributed by atoms with Crippen LogP contribution >= 0.6 is 0 Å². The molecule has 0 unspecified atom stereocenters. The van der Waals surface area contributed by atoms with Crippen LogP contribution in [0.3, 0.4) is 0 Å². The van der Waals surface area contributed by atoms with Crippen molar-refractivity contribution in [2.45, 2.75) is 0 Å². The lowest BCUT2D eigenvalue weighted by molar-refractivity contribution is 1.19. The molecule has 0 saturated carbocycles. The second kappa shape index (κ2) is 3.62. The monoisotopic (exact) mass is 182 g/mol. The van der Waals surface area contributed by atoms with Gasteiger partial charge in [-0.05, 0) is 12.1 Å². The van der Waals surface area contributed by atoms with E-state index in [-0.39, 0.29) is 0 Å². The van der Waals surface area contributed by atoms with Gasteiger partial charge in [0.1, 0.15) is 11.8 Å². The summed E-state index contributed by atoms with van der Waals surface area (Å²) in [6.07, 6.45) is 6.50. The number of rotatable bonds is 1. The highest BCUT2D eigenvalue weighted by Crippen LogP contribution is 2.13. The van der Waals surface area contributed by atoms with Crippen LogP contribution in [0.1, 0.15) is 5.69 Å². The molecule has 0 aliphatic rings. The molecule has 4 nitrogen and oxygen atoms in total. The van der Waals surface area contributed by atoms with Crippen LogP contribution in [0, 0.1) is 11.3 Å². The lowest BCUT2D eigenvalue weighted by Crippen LogP contribution is -1.87. The molecule has 0 amide bonds. The SMILES string of the molecule is N#Cc1ccc(-c2cnccn2)cn1. The highest BCUT2D eigenvalue weighted by molar-refractivity contribution is 5.56. The molecule has 0 saturated heterocycles. The Kier molecular flexibility index (Phi) is 2.15. The number of pyridine rings is 1. The predicted molar refractivity (Wildman–Crippen MR) is 50.0 cm³/mol. The molecule has 0 aliphatic carbocycles. The van der Waals surface area contributed by atoms with Crippen LogP contribution in [0.25, 0.3) is 11.3 Å². The van der Waals surface area contributed by atoms with E-state index in [2.05, 4.69) is 15.0 Å². The van der Waals surface area contributed by atoms with E-state index in [1.54, 1.807) is 36.9 Å². The third-order valence-corrected chi connectivity index (χ3v) is 1.74. The minimum absolute atomic E-state index is 0.401. The molecule has 0 aliphatic heterocycles. The summed E-state index contributed by atoms with van der Waals surface area (Å²) < 4.78 is 0. The summed E-state index contributed by atoms with van der Waals surface area (Å²) in [6, 6.07) is 5.42. The topological polar surface area (TPSA) is 62.5 Å². The van der Waals surface area contributed by atoms with Gasteiger partial charge in [-0.3, -0.25) is 9.97 Å². The summed E-state index contributed by atoms with van der Waals surface area (Å²) in [7, 11) is 0. The zero-order valence-corrected chi connectivity index (χ0v) is 7.25. The molecule has 14 heavy (non-hydrogen) atoms. The van der Waals surface area contributed by atoms with Crippen LogP contribution in [-0.4, -0.2) is 15.0 Å². The van der Waals surface area contributed by atoms with Gasteiger partial charge in [0.05, 0.1) is 11.9 Å². The Hall–Kier alpha value is -2.28. The van der Waals surface area contributed by atoms with Crippen molar-refractivity contribution in [3.63, 3.8) is 0 Å². The van der Waals surface area contributed by atoms with Gasteiger partial charge in [0.25, 0.3) is 0 Å². The van der Waals surface area contributed by atoms with Crippen molar-refractivity contribution < 1.29 is 0 Å². The fourth-order valence-corrected chi connectivity index (χ4v) is 1.06. The third kappa shape index (κ3) is 1.57. The highest BCUT2D eigenvalue weighted by atomic mass is 14.8. The predicted octanol–water partition coefficient (Wildman–Crippen LogP) is 1.41. The van der Waals surface area contributed by atoms with Crippen molar-refractivity contribution >= 4 is 0 Å². The summed E-state index contributed by atoms with van der Waals surface area (Å²) in [5.41, 5.74) is 2.01. The highest BCUT2D eigenvalue weighted by Gasteiger charge is 1.98. The number of aromatic nitrogens is 3. The molecule has 4 heteroatoms. The van der Waals surface area contributed by atoms with E-state index in [0.29, 0.717) is 5.69 Å². The van der Waals surface area contributed by atoms with Crippen LogP contribution in [0.15, 0.2) is 36.9 Å². The van der Waals surface area contributed by atoms with Gasteiger partial charge in [-0.25, -0.2) is 4.98 Å². The molecular formula is C10H6N4. The van der Waals surface area contributed by atoms with Crippen molar-refractivity contribution in [3.05, 3.63) is 42.6 Å². The number of nitrogens with zero attached hydrogens (tertiary/aromatic N) is 4. The second-order valence-corrected chi connectivity index (χ2v) is 2.63. The van der Waals surface area contributed by atoms with Gasteiger partial charge in [0, 0.05) is 24.2 Å². The van der Waals surface area contributed by atoms with Crippen LogP contribution < -0.4 is 0 Å². The molecule has 0 spiro atoms. The first-order valence-corrected chi connectivity index (χ1v) is 4.02. The Balaban J connectivity index is 2.40. The first-order chi connectivity index (χ1) is 6.90. The Labute approximate surface area is 80.9 Å². The zero-order chi connectivity index (χ0) is 9.80. The quantitative estimate of drug-likeness (QED) is 0.668. The maximum absolute atomic E-state index is 8.56. The lowest BCUT2D eigenvalue weighted by atomic mass is 10.2. The molecule has 0 atom stereocenters. The number of hydrogen-bond acceptors (Lipinski definition) is 4. The molecule has 2 aromatic heterocycles. The van der Waals surface area contributed by atoms with E-state index in [1.807, 2.05) is 6.07 Å². The Bertz CT molecular complexity index is 456. The summed E-state index contributed by atoms with van der Waals surface area (Å²) in [5.74, 6) is 0. The van der Waals surface area contributed by atoms with Crippen molar-refractivity contribution in [1.29, 1.82) is 5.26 Å². The normalized spacial score (nSPS) is 9.36. The third-order valence-electron chi connectivity index (χ3n) is 1.74. The van der Waals surface area contributed by atoms with Gasteiger partial charge in [0.15, 0.2) is 0 Å². The van der Waals surface area contributed by atoms with Gasteiger partial charge in [-0.15, -0.1) is 0 Å². The molecule has 2 rings (SSSR count). The smallest absolute Gasteiger partial charge is 0.140 e. The molecule has 0 bridgehead atoms. The summed E-state index contributed by atoms with van der Waals surface area (Å²) >= 11 is 0. The molecule has 0 fully saturated rings. The van der Waals surface area contributed by atoms with Gasteiger partial charge in [0.2, 0.25) is 0 Å². The van der Waals surface area contributed by atoms with E-state index < -0.39 is 0 Å². The standard InChI is InChI=1S/C10H6N4/c11-5-9-2-1-8(6-14-9)10-7-12-3-4-13-10/h1-4,6-7H. The maximum Gasteiger partial charge on any atom is 0.140 e. The molecule has 0 radical (unpaired) electrons. The lowest BCUT2D eigenvalue weighted by Gasteiger charge is -1.97. The number of nitriles is 1. The zero-order valence-electron chi connectivity index (χ0n) is 7.25. The van der Waals surface area contributed by atoms with Crippen LogP contribution in [0.5, 0.6) is 0 Å². The second-order valence-electron chi connectivity index (χ2n) is 2.63.